The maximum absolute atomic E-state index is 10.6. The smallest absolute Gasteiger partial charge is 0.243 e. The minimum absolute atomic E-state index is 0.136. The van der Waals surface area contributed by atoms with Gasteiger partial charge in [0.05, 0.1) is 6.61 Å². The SMILES string of the molecule is C=CC(=O)NCCNCCOC. The molecule has 0 radical (unpaired) electrons. The number of rotatable bonds is 7. The van der Waals surface area contributed by atoms with Crippen molar-refractivity contribution >= 4 is 5.91 Å². The Bertz CT molecular complexity index is 137. The minimum atomic E-state index is -0.136. The zero-order valence-corrected chi connectivity index (χ0v) is 7.43. The maximum atomic E-state index is 10.6. The van der Waals surface area contributed by atoms with Gasteiger partial charge in [-0.3, -0.25) is 4.79 Å². The average molecular weight is 172 g/mol. The number of ether oxygens (including phenoxy) is 1. The van der Waals surface area contributed by atoms with Gasteiger partial charge in [0.15, 0.2) is 0 Å². The van der Waals surface area contributed by atoms with E-state index >= 15 is 0 Å². The number of hydrogen-bond donors (Lipinski definition) is 2. The number of nitrogens with one attached hydrogen (secondary N) is 2. The van der Waals surface area contributed by atoms with Crippen molar-refractivity contribution in [1.29, 1.82) is 0 Å². The minimum Gasteiger partial charge on any atom is -0.383 e. The molecule has 4 heteroatoms. The van der Waals surface area contributed by atoms with E-state index in [1.54, 1.807) is 7.11 Å². The van der Waals surface area contributed by atoms with E-state index < -0.39 is 0 Å². The van der Waals surface area contributed by atoms with E-state index in [-0.39, 0.29) is 5.91 Å². The van der Waals surface area contributed by atoms with E-state index in [0.717, 1.165) is 13.1 Å². The van der Waals surface area contributed by atoms with Gasteiger partial charge in [-0.05, 0) is 6.08 Å². The van der Waals surface area contributed by atoms with Crippen LogP contribution in [0.5, 0.6) is 0 Å². The summed E-state index contributed by atoms with van der Waals surface area (Å²) in [5.74, 6) is -0.136. The summed E-state index contributed by atoms with van der Waals surface area (Å²) in [4.78, 5) is 10.6. The van der Waals surface area contributed by atoms with Gasteiger partial charge in [0.2, 0.25) is 5.91 Å². The van der Waals surface area contributed by atoms with Crippen LogP contribution < -0.4 is 10.6 Å². The van der Waals surface area contributed by atoms with Gasteiger partial charge in [-0.1, -0.05) is 6.58 Å². The van der Waals surface area contributed by atoms with E-state index in [4.69, 9.17) is 4.74 Å². The van der Waals surface area contributed by atoms with Crippen molar-refractivity contribution in [3.05, 3.63) is 12.7 Å². The first-order chi connectivity index (χ1) is 5.81. The van der Waals surface area contributed by atoms with Crippen molar-refractivity contribution < 1.29 is 9.53 Å². The molecule has 0 aromatic rings. The van der Waals surface area contributed by atoms with Crippen LogP contribution in [0.4, 0.5) is 0 Å². The molecule has 0 fully saturated rings. The third kappa shape index (κ3) is 7.24. The molecule has 12 heavy (non-hydrogen) atoms. The van der Waals surface area contributed by atoms with Crippen LogP contribution in [0.2, 0.25) is 0 Å². The predicted octanol–water partition coefficient (Wildman–Crippen LogP) is -0.475. The van der Waals surface area contributed by atoms with E-state index in [0.29, 0.717) is 13.2 Å². The van der Waals surface area contributed by atoms with Gasteiger partial charge in [0.25, 0.3) is 0 Å². The Morgan fingerprint density at radius 3 is 2.83 bits per heavy atom. The zero-order valence-electron chi connectivity index (χ0n) is 7.43. The van der Waals surface area contributed by atoms with Gasteiger partial charge >= 0.3 is 0 Å². The third-order valence-corrected chi connectivity index (χ3v) is 1.27. The largest absolute Gasteiger partial charge is 0.383 e. The van der Waals surface area contributed by atoms with Crippen LogP contribution >= 0.6 is 0 Å². The molecule has 0 heterocycles. The fourth-order valence-electron chi connectivity index (χ4n) is 0.645. The van der Waals surface area contributed by atoms with Crippen molar-refractivity contribution in [2.75, 3.05) is 33.4 Å². The molecule has 0 rings (SSSR count). The number of methoxy groups -OCH3 is 1. The summed E-state index contributed by atoms with van der Waals surface area (Å²) in [6.45, 7) is 6.20. The number of carbonyl (C=O) groups excluding carboxylic acids is 1. The lowest BCUT2D eigenvalue weighted by Gasteiger charge is -2.03. The molecule has 70 valence electrons. The zero-order chi connectivity index (χ0) is 9.23. The summed E-state index contributed by atoms with van der Waals surface area (Å²) in [5, 5.41) is 5.74. The van der Waals surface area contributed by atoms with Gasteiger partial charge in [0.1, 0.15) is 0 Å². The van der Waals surface area contributed by atoms with Gasteiger partial charge in [0, 0.05) is 26.7 Å². The normalized spacial score (nSPS) is 9.42. The second-order valence-electron chi connectivity index (χ2n) is 2.24. The fourth-order valence-corrected chi connectivity index (χ4v) is 0.645. The Morgan fingerprint density at radius 1 is 1.50 bits per heavy atom. The van der Waals surface area contributed by atoms with Crippen LogP contribution in [0, 0.1) is 0 Å². The van der Waals surface area contributed by atoms with Gasteiger partial charge < -0.3 is 15.4 Å². The van der Waals surface area contributed by atoms with Crippen molar-refractivity contribution in [3.8, 4) is 0 Å². The van der Waals surface area contributed by atoms with Crippen LogP contribution in [-0.2, 0) is 9.53 Å². The Kier molecular flexibility index (Phi) is 7.63. The summed E-state index contributed by atoms with van der Waals surface area (Å²) >= 11 is 0. The molecule has 0 aliphatic heterocycles. The molecular weight excluding hydrogens is 156 g/mol. The van der Waals surface area contributed by atoms with E-state index in [1.165, 1.54) is 6.08 Å². The van der Waals surface area contributed by atoms with Gasteiger partial charge in [-0.2, -0.15) is 0 Å². The summed E-state index contributed by atoms with van der Waals surface area (Å²) in [7, 11) is 1.65. The molecule has 0 saturated heterocycles. The highest BCUT2D eigenvalue weighted by Crippen LogP contribution is 1.66. The molecule has 2 N–H and O–H groups in total. The molecule has 0 aliphatic rings. The summed E-state index contributed by atoms with van der Waals surface area (Å²) < 4.78 is 4.82. The van der Waals surface area contributed by atoms with Crippen molar-refractivity contribution in [2.45, 2.75) is 0 Å². The predicted molar refractivity (Wildman–Crippen MR) is 48.0 cm³/mol. The van der Waals surface area contributed by atoms with Gasteiger partial charge in [-0.25, -0.2) is 0 Å². The van der Waals surface area contributed by atoms with E-state index in [9.17, 15) is 4.79 Å². The molecule has 0 aromatic heterocycles. The Morgan fingerprint density at radius 2 is 2.25 bits per heavy atom. The van der Waals surface area contributed by atoms with Crippen molar-refractivity contribution in [3.63, 3.8) is 0 Å². The Balaban J connectivity index is 3.00. The summed E-state index contributed by atoms with van der Waals surface area (Å²) in [6.07, 6.45) is 1.26. The quantitative estimate of drug-likeness (QED) is 0.403. The van der Waals surface area contributed by atoms with Crippen LogP contribution in [-0.4, -0.2) is 39.3 Å². The standard InChI is InChI=1S/C8H16N2O2/c1-3-8(11)10-5-4-9-6-7-12-2/h3,9H,1,4-7H2,2H3,(H,10,11). The van der Waals surface area contributed by atoms with Crippen LogP contribution in [0.15, 0.2) is 12.7 Å². The molecule has 0 aromatic carbocycles. The molecule has 0 aliphatic carbocycles. The molecule has 0 atom stereocenters. The molecule has 0 saturated carbocycles. The average Bonchev–Trinajstić information content (AvgIpc) is 2.10. The van der Waals surface area contributed by atoms with Gasteiger partial charge in [-0.15, -0.1) is 0 Å². The lowest BCUT2D eigenvalue weighted by atomic mass is 10.5. The Hall–Kier alpha value is -0.870. The summed E-state index contributed by atoms with van der Waals surface area (Å²) in [5.41, 5.74) is 0. The number of amides is 1. The lowest BCUT2D eigenvalue weighted by molar-refractivity contribution is -0.116. The van der Waals surface area contributed by atoms with E-state index in [1.807, 2.05) is 0 Å². The molecule has 4 nitrogen and oxygen atoms in total. The highest BCUT2D eigenvalue weighted by molar-refractivity contribution is 5.86. The highest BCUT2D eigenvalue weighted by atomic mass is 16.5. The summed E-state index contributed by atoms with van der Waals surface area (Å²) in [6, 6.07) is 0. The number of hydrogen-bond acceptors (Lipinski definition) is 3. The second-order valence-corrected chi connectivity index (χ2v) is 2.24. The first kappa shape index (κ1) is 11.1. The topological polar surface area (TPSA) is 50.4 Å². The highest BCUT2D eigenvalue weighted by Gasteiger charge is 1.91. The Labute approximate surface area is 73.0 Å². The molecule has 0 unspecified atom stereocenters. The number of carbonyl (C=O) groups is 1. The molecule has 0 bridgehead atoms. The first-order valence-electron chi connectivity index (χ1n) is 3.91. The van der Waals surface area contributed by atoms with Crippen LogP contribution in [0.3, 0.4) is 0 Å². The molecule has 0 spiro atoms. The maximum Gasteiger partial charge on any atom is 0.243 e. The van der Waals surface area contributed by atoms with Crippen LogP contribution in [0.1, 0.15) is 0 Å². The van der Waals surface area contributed by atoms with Crippen molar-refractivity contribution in [1.82, 2.24) is 10.6 Å². The first-order valence-corrected chi connectivity index (χ1v) is 3.91. The van der Waals surface area contributed by atoms with E-state index in [2.05, 4.69) is 17.2 Å². The third-order valence-electron chi connectivity index (χ3n) is 1.27. The second kappa shape index (κ2) is 8.23. The molecular formula is C8H16N2O2. The lowest BCUT2D eigenvalue weighted by Crippen LogP contribution is -2.32. The molecule has 1 amide bonds. The van der Waals surface area contributed by atoms with Crippen LogP contribution in [0.25, 0.3) is 0 Å². The monoisotopic (exact) mass is 172 g/mol. The van der Waals surface area contributed by atoms with Crippen molar-refractivity contribution in [2.24, 2.45) is 0 Å². The fraction of sp³-hybridized carbons (Fsp3) is 0.625.